The number of hydrogen-bond donors (Lipinski definition) is 4. The summed E-state index contributed by atoms with van der Waals surface area (Å²) in [6.07, 6.45) is 7.02. The van der Waals surface area contributed by atoms with E-state index < -0.39 is 0 Å². The highest BCUT2D eigenvalue weighted by Crippen LogP contribution is 2.08. The summed E-state index contributed by atoms with van der Waals surface area (Å²) in [5.41, 5.74) is 1.88. The minimum atomic E-state index is -0.187. The van der Waals surface area contributed by atoms with Gasteiger partial charge < -0.3 is 21.3 Å². The van der Waals surface area contributed by atoms with Crippen molar-refractivity contribution in [3.63, 3.8) is 0 Å². The number of benzene rings is 2. The van der Waals surface area contributed by atoms with Gasteiger partial charge in [0, 0.05) is 48.4 Å². The van der Waals surface area contributed by atoms with Gasteiger partial charge in [-0.2, -0.15) is 0 Å². The molecule has 8 heteroatoms. The Morgan fingerprint density at radius 2 is 0.639 bits per heavy atom. The first-order valence-corrected chi connectivity index (χ1v) is 12.9. The molecule has 192 valence electrons. The zero-order chi connectivity index (χ0) is 25.6. The van der Waals surface area contributed by atoms with Crippen LogP contribution in [0.2, 0.25) is 0 Å². The Kier molecular flexibility index (Phi) is 11.0. The van der Waals surface area contributed by atoms with E-state index in [9.17, 15) is 19.2 Å². The van der Waals surface area contributed by atoms with Crippen molar-refractivity contribution in [2.45, 2.75) is 51.4 Å². The Labute approximate surface area is 212 Å². The van der Waals surface area contributed by atoms with Crippen molar-refractivity contribution in [3.05, 3.63) is 70.8 Å². The van der Waals surface area contributed by atoms with Crippen LogP contribution in [0.1, 0.15) is 92.8 Å². The van der Waals surface area contributed by atoms with E-state index >= 15 is 0 Å². The van der Waals surface area contributed by atoms with Crippen LogP contribution in [0.15, 0.2) is 48.5 Å². The Hall–Kier alpha value is -3.68. The summed E-state index contributed by atoms with van der Waals surface area (Å²) in [7, 11) is 0. The van der Waals surface area contributed by atoms with Crippen LogP contribution < -0.4 is 21.3 Å². The topological polar surface area (TPSA) is 116 Å². The maximum absolute atomic E-state index is 12.5. The summed E-state index contributed by atoms with van der Waals surface area (Å²) in [6.45, 7) is 2.21. The lowest BCUT2D eigenvalue weighted by Crippen LogP contribution is -2.27. The molecule has 4 amide bonds. The van der Waals surface area contributed by atoms with Gasteiger partial charge >= 0.3 is 0 Å². The van der Waals surface area contributed by atoms with E-state index in [1.54, 1.807) is 48.5 Å². The number of fused-ring (bicyclic) bond motifs is 4. The van der Waals surface area contributed by atoms with Crippen molar-refractivity contribution >= 4 is 23.6 Å². The molecule has 36 heavy (non-hydrogen) atoms. The number of rotatable bonds is 0. The molecule has 4 N–H and O–H groups in total. The molecule has 0 spiro atoms. The first-order valence-electron chi connectivity index (χ1n) is 12.9. The van der Waals surface area contributed by atoms with E-state index in [1.165, 1.54) is 0 Å². The highest BCUT2D eigenvalue weighted by molar-refractivity contribution is 6.00. The monoisotopic (exact) mass is 492 g/mol. The average Bonchev–Trinajstić information content (AvgIpc) is 2.90. The smallest absolute Gasteiger partial charge is 0.251 e. The molecule has 3 rings (SSSR count). The van der Waals surface area contributed by atoms with Crippen molar-refractivity contribution in [2.75, 3.05) is 26.2 Å². The molecule has 0 aromatic heterocycles. The minimum Gasteiger partial charge on any atom is -0.352 e. The number of hydrogen-bond acceptors (Lipinski definition) is 4. The SMILES string of the molecule is O=C1NCCCCCCNC(=O)c2cccc(c2)C(=O)NCCCCCCNC(=O)c2cccc1c2. The van der Waals surface area contributed by atoms with Crippen molar-refractivity contribution in [2.24, 2.45) is 0 Å². The highest BCUT2D eigenvalue weighted by atomic mass is 16.2. The number of amides is 4. The second-order valence-electron chi connectivity index (χ2n) is 9.01. The zero-order valence-corrected chi connectivity index (χ0v) is 20.7. The van der Waals surface area contributed by atoms with Crippen LogP contribution in [0.3, 0.4) is 0 Å². The summed E-state index contributed by atoms with van der Waals surface area (Å²) in [5.74, 6) is -0.749. The normalized spacial score (nSPS) is 17.8. The molecule has 1 aliphatic rings. The molecule has 4 bridgehead atoms. The molecule has 1 aliphatic heterocycles. The second kappa shape index (κ2) is 14.7. The summed E-state index contributed by atoms with van der Waals surface area (Å²) in [6, 6.07) is 13.5. The van der Waals surface area contributed by atoms with E-state index in [0.29, 0.717) is 48.4 Å². The predicted octanol–water partition coefficient (Wildman–Crippen LogP) is 3.44. The predicted molar refractivity (Wildman–Crippen MR) is 139 cm³/mol. The standard InChI is InChI=1S/C28H36N4O4/c33-25-21-11-9-13-23(19-21)27(35)31-17-7-3-4-8-18-32-28(36)24-14-10-12-22(20-24)26(34)30-16-6-2-1-5-15-29-25/h9-14,19-20H,1-8,15-18H2,(H,29,33)(H,30,34)(H,31,35)(H,32,36). The molecule has 0 aliphatic carbocycles. The average molecular weight is 493 g/mol. The van der Waals surface area contributed by atoms with E-state index in [4.69, 9.17) is 0 Å². The van der Waals surface area contributed by atoms with Crippen molar-refractivity contribution in [1.29, 1.82) is 0 Å². The lowest BCUT2D eigenvalue weighted by Gasteiger charge is -2.10. The second-order valence-corrected chi connectivity index (χ2v) is 9.01. The Bertz CT molecular complexity index is 895. The van der Waals surface area contributed by atoms with Gasteiger partial charge in [0.1, 0.15) is 0 Å². The zero-order valence-electron chi connectivity index (χ0n) is 20.7. The molecule has 2 aromatic rings. The van der Waals surface area contributed by atoms with Gasteiger partial charge in [-0.15, -0.1) is 0 Å². The lowest BCUT2D eigenvalue weighted by molar-refractivity contribution is 0.0935. The maximum Gasteiger partial charge on any atom is 0.251 e. The van der Waals surface area contributed by atoms with Gasteiger partial charge in [-0.05, 0) is 62.1 Å². The van der Waals surface area contributed by atoms with E-state index in [2.05, 4.69) is 21.3 Å². The molecule has 1 heterocycles. The van der Waals surface area contributed by atoms with Gasteiger partial charge in [0.25, 0.3) is 23.6 Å². The third kappa shape index (κ3) is 8.83. The van der Waals surface area contributed by atoms with Crippen LogP contribution in [0.25, 0.3) is 0 Å². The van der Waals surface area contributed by atoms with Gasteiger partial charge in [0.05, 0.1) is 0 Å². The summed E-state index contributed by atoms with van der Waals surface area (Å²) >= 11 is 0. The third-order valence-corrected chi connectivity index (χ3v) is 6.12. The number of carbonyl (C=O) groups excluding carboxylic acids is 4. The molecule has 8 nitrogen and oxygen atoms in total. The van der Waals surface area contributed by atoms with E-state index in [1.807, 2.05) is 0 Å². The van der Waals surface area contributed by atoms with Crippen molar-refractivity contribution in [3.8, 4) is 0 Å². The summed E-state index contributed by atoms with van der Waals surface area (Å²) in [5, 5.41) is 11.6. The van der Waals surface area contributed by atoms with Gasteiger partial charge in [-0.25, -0.2) is 0 Å². The van der Waals surface area contributed by atoms with Crippen LogP contribution in [0.4, 0.5) is 0 Å². The summed E-state index contributed by atoms with van der Waals surface area (Å²) in [4.78, 5) is 49.8. The first-order chi connectivity index (χ1) is 17.5. The molecule has 2 aromatic carbocycles. The molecule has 0 unspecified atom stereocenters. The van der Waals surface area contributed by atoms with Crippen LogP contribution in [0.5, 0.6) is 0 Å². The van der Waals surface area contributed by atoms with Crippen LogP contribution in [-0.2, 0) is 0 Å². The minimum absolute atomic E-state index is 0.187. The molecule has 0 saturated heterocycles. The Morgan fingerprint density at radius 1 is 0.389 bits per heavy atom. The van der Waals surface area contributed by atoms with Gasteiger partial charge in [0.2, 0.25) is 0 Å². The largest absolute Gasteiger partial charge is 0.352 e. The Balaban J connectivity index is 1.56. The van der Waals surface area contributed by atoms with E-state index in [0.717, 1.165) is 51.4 Å². The fraction of sp³-hybridized carbons (Fsp3) is 0.429. The molecule has 0 atom stereocenters. The molecular weight excluding hydrogens is 456 g/mol. The Morgan fingerprint density at radius 3 is 0.889 bits per heavy atom. The quantitative estimate of drug-likeness (QED) is 0.451. The fourth-order valence-corrected chi connectivity index (χ4v) is 4.03. The van der Waals surface area contributed by atoms with Gasteiger partial charge in [-0.3, -0.25) is 19.2 Å². The third-order valence-electron chi connectivity index (χ3n) is 6.12. The van der Waals surface area contributed by atoms with E-state index in [-0.39, 0.29) is 23.6 Å². The molecule has 0 radical (unpaired) electrons. The number of nitrogens with one attached hydrogen (secondary N) is 4. The maximum atomic E-state index is 12.5. The van der Waals surface area contributed by atoms with Crippen LogP contribution >= 0.6 is 0 Å². The van der Waals surface area contributed by atoms with Crippen molar-refractivity contribution in [1.82, 2.24) is 21.3 Å². The highest BCUT2D eigenvalue weighted by Gasteiger charge is 2.12. The fourth-order valence-electron chi connectivity index (χ4n) is 4.03. The van der Waals surface area contributed by atoms with Gasteiger partial charge in [-0.1, -0.05) is 37.8 Å². The summed E-state index contributed by atoms with van der Waals surface area (Å²) < 4.78 is 0. The molecule has 0 fully saturated rings. The van der Waals surface area contributed by atoms with Gasteiger partial charge in [0.15, 0.2) is 0 Å². The van der Waals surface area contributed by atoms with Crippen LogP contribution in [0, 0.1) is 0 Å². The molecular formula is C28H36N4O4. The number of carbonyl (C=O) groups is 4. The first kappa shape index (κ1) is 26.9. The molecule has 0 saturated carbocycles. The lowest BCUT2D eigenvalue weighted by atomic mass is 10.1. The van der Waals surface area contributed by atoms with Crippen molar-refractivity contribution < 1.29 is 19.2 Å². The van der Waals surface area contributed by atoms with Crippen LogP contribution in [-0.4, -0.2) is 49.8 Å².